The number of aromatic nitrogens is 3. The van der Waals surface area contributed by atoms with Gasteiger partial charge in [-0.2, -0.15) is 0 Å². The van der Waals surface area contributed by atoms with E-state index in [4.69, 9.17) is 16.0 Å². The lowest BCUT2D eigenvalue weighted by Gasteiger charge is -2.06. The van der Waals surface area contributed by atoms with Crippen LogP contribution in [0.3, 0.4) is 0 Å². The highest BCUT2D eigenvalue weighted by molar-refractivity contribution is 7.99. The average Bonchev–Trinajstić information content (AvgIpc) is 3.09. The van der Waals surface area contributed by atoms with Crippen molar-refractivity contribution in [2.24, 2.45) is 0 Å². The third-order valence-corrected chi connectivity index (χ3v) is 6.45. The minimum atomic E-state index is -0.0738. The lowest BCUT2D eigenvalue weighted by atomic mass is 10.2. The molecule has 27 heavy (non-hydrogen) atoms. The Morgan fingerprint density at radius 3 is 2.96 bits per heavy atom. The maximum atomic E-state index is 12.6. The van der Waals surface area contributed by atoms with E-state index in [0.29, 0.717) is 22.4 Å². The highest BCUT2D eigenvalue weighted by Gasteiger charge is 2.30. The number of hydrogen-bond acceptors (Lipinski definition) is 6. The summed E-state index contributed by atoms with van der Waals surface area (Å²) in [6.45, 7) is 0. The predicted octanol–water partition coefficient (Wildman–Crippen LogP) is 5.72. The fourth-order valence-corrected chi connectivity index (χ4v) is 4.73. The van der Waals surface area contributed by atoms with E-state index in [1.807, 2.05) is 17.5 Å². The first kappa shape index (κ1) is 17.0. The molecule has 1 fully saturated rings. The maximum absolute atomic E-state index is 12.6. The highest BCUT2D eigenvalue weighted by Crippen LogP contribution is 2.41. The molecule has 136 valence electrons. The molecule has 0 bridgehead atoms. The Hall–Kier alpha value is -2.09. The van der Waals surface area contributed by atoms with Gasteiger partial charge in [-0.3, -0.25) is 9.36 Å². The van der Waals surface area contributed by atoms with Crippen molar-refractivity contribution < 1.29 is 9.21 Å². The first-order chi connectivity index (χ1) is 13.2. The van der Waals surface area contributed by atoms with Gasteiger partial charge in [-0.25, -0.2) is 0 Å². The van der Waals surface area contributed by atoms with Crippen LogP contribution in [-0.4, -0.2) is 26.3 Å². The van der Waals surface area contributed by atoms with Crippen LogP contribution in [0.4, 0.5) is 0 Å². The minimum Gasteiger partial charge on any atom is -0.453 e. The largest absolute Gasteiger partial charge is 0.453 e. The Labute approximate surface area is 168 Å². The Bertz CT molecular complexity index is 1130. The average molecular weight is 416 g/mol. The Morgan fingerprint density at radius 1 is 1.30 bits per heavy atom. The first-order valence-electron chi connectivity index (χ1n) is 8.53. The molecular formula is C19H14ClN3O2S2. The zero-order chi connectivity index (χ0) is 18.4. The minimum absolute atomic E-state index is 0.0738. The summed E-state index contributed by atoms with van der Waals surface area (Å²) in [6.07, 6.45) is 2.25. The van der Waals surface area contributed by atoms with Crippen LogP contribution in [0.1, 0.15) is 29.4 Å². The van der Waals surface area contributed by atoms with E-state index in [1.54, 1.807) is 35.6 Å². The topological polar surface area (TPSA) is 60.9 Å². The van der Waals surface area contributed by atoms with Crippen LogP contribution in [0.15, 0.2) is 51.4 Å². The second kappa shape index (κ2) is 6.82. The molecule has 0 spiro atoms. The van der Waals surface area contributed by atoms with Gasteiger partial charge in [-0.1, -0.05) is 29.4 Å². The standard InChI is InChI=1S/C19H14ClN3O2S2/c20-12-3-6-15-11(8-12)9-16(25-15)14(24)10-27-19-22-21-18(17-2-1-7-26-17)23(19)13-4-5-13/h1-3,6-9,13H,4-5,10H2. The quantitative estimate of drug-likeness (QED) is 0.298. The van der Waals surface area contributed by atoms with E-state index in [-0.39, 0.29) is 11.5 Å². The first-order valence-corrected chi connectivity index (χ1v) is 10.8. The number of hydrogen-bond donors (Lipinski definition) is 0. The zero-order valence-corrected chi connectivity index (χ0v) is 16.5. The third kappa shape index (κ3) is 3.31. The van der Waals surface area contributed by atoms with Crippen molar-refractivity contribution in [3.05, 3.63) is 52.6 Å². The molecule has 3 heterocycles. The summed E-state index contributed by atoms with van der Waals surface area (Å²) in [6, 6.07) is 11.6. The fourth-order valence-electron chi connectivity index (χ4n) is 2.96. The highest BCUT2D eigenvalue weighted by atomic mass is 35.5. The molecule has 0 saturated heterocycles. The lowest BCUT2D eigenvalue weighted by Crippen LogP contribution is -2.04. The molecule has 3 aromatic heterocycles. The number of thioether (sulfide) groups is 1. The van der Waals surface area contributed by atoms with Gasteiger partial charge in [0.15, 0.2) is 16.7 Å². The van der Waals surface area contributed by atoms with Gasteiger partial charge in [0.1, 0.15) is 5.58 Å². The fraction of sp³-hybridized carbons (Fsp3) is 0.211. The monoisotopic (exact) mass is 415 g/mol. The van der Waals surface area contributed by atoms with Gasteiger partial charge in [0, 0.05) is 16.5 Å². The van der Waals surface area contributed by atoms with Crippen LogP contribution in [0.2, 0.25) is 5.02 Å². The summed E-state index contributed by atoms with van der Waals surface area (Å²) in [5, 5.41) is 13.0. The molecule has 0 amide bonds. The van der Waals surface area contributed by atoms with Crippen LogP contribution in [0.25, 0.3) is 21.7 Å². The summed E-state index contributed by atoms with van der Waals surface area (Å²) in [5.41, 5.74) is 0.661. The number of fused-ring (bicyclic) bond motifs is 1. The zero-order valence-electron chi connectivity index (χ0n) is 14.1. The van der Waals surface area contributed by atoms with E-state index in [1.165, 1.54) is 11.8 Å². The van der Waals surface area contributed by atoms with Gasteiger partial charge in [0.05, 0.1) is 10.6 Å². The van der Waals surface area contributed by atoms with Crippen molar-refractivity contribution in [3.63, 3.8) is 0 Å². The van der Waals surface area contributed by atoms with Crippen LogP contribution in [0, 0.1) is 0 Å². The molecule has 1 aromatic carbocycles. The number of thiophene rings is 1. The number of ketones is 1. The van der Waals surface area contributed by atoms with E-state index >= 15 is 0 Å². The van der Waals surface area contributed by atoms with Gasteiger partial charge in [0.25, 0.3) is 0 Å². The molecule has 1 saturated carbocycles. The molecule has 1 aliphatic carbocycles. The lowest BCUT2D eigenvalue weighted by molar-refractivity contribution is 0.0994. The van der Waals surface area contributed by atoms with E-state index in [9.17, 15) is 4.79 Å². The summed E-state index contributed by atoms with van der Waals surface area (Å²) >= 11 is 9.05. The molecule has 4 aromatic rings. The summed E-state index contributed by atoms with van der Waals surface area (Å²) in [4.78, 5) is 13.7. The van der Waals surface area contributed by atoms with E-state index in [0.717, 1.165) is 34.1 Å². The van der Waals surface area contributed by atoms with Crippen LogP contribution < -0.4 is 0 Å². The molecular weight excluding hydrogens is 402 g/mol. The second-order valence-corrected chi connectivity index (χ2v) is 8.72. The number of benzene rings is 1. The van der Waals surface area contributed by atoms with Crippen molar-refractivity contribution in [1.29, 1.82) is 0 Å². The van der Waals surface area contributed by atoms with Crippen molar-refractivity contribution in [2.75, 3.05) is 5.75 Å². The third-order valence-electron chi connectivity index (χ3n) is 4.40. The number of carbonyl (C=O) groups excluding carboxylic acids is 1. The molecule has 0 aliphatic heterocycles. The molecule has 0 unspecified atom stereocenters. The van der Waals surface area contributed by atoms with E-state index in [2.05, 4.69) is 14.8 Å². The van der Waals surface area contributed by atoms with Gasteiger partial charge < -0.3 is 4.42 Å². The van der Waals surface area contributed by atoms with Crippen LogP contribution in [-0.2, 0) is 0 Å². The van der Waals surface area contributed by atoms with Gasteiger partial charge >= 0.3 is 0 Å². The van der Waals surface area contributed by atoms with Gasteiger partial charge in [-0.15, -0.1) is 21.5 Å². The normalized spacial score (nSPS) is 14.1. The number of furan rings is 1. The van der Waals surface area contributed by atoms with Crippen molar-refractivity contribution >= 4 is 51.5 Å². The molecule has 8 heteroatoms. The SMILES string of the molecule is O=C(CSc1nnc(-c2cccs2)n1C1CC1)c1cc2cc(Cl)ccc2o1. The summed E-state index contributed by atoms with van der Waals surface area (Å²) in [5.74, 6) is 1.41. The van der Waals surface area contributed by atoms with Crippen molar-refractivity contribution in [3.8, 4) is 10.7 Å². The summed E-state index contributed by atoms with van der Waals surface area (Å²) < 4.78 is 7.83. The van der Waals surface area contributed by atoms with Crippen LogP contribution in [0.5, 0.6) is 0 Å². The smallest absolute Gasteiger partial charge is 0.208 e. The number of carbonyl (C=O) groups is 1. The number of halogens is 1. The maximum Gasteiger partial charge on any atom is 0.208 e. The predicted molar refractivity (Wildman–Crippen MR) is 108 cm³/mol. The summed E-state index contributed by atoms with van der Waals surface area (Å²) in [7, 11) is 0. The van der Waals surface area contributed by atoms with Gasteiger partial charge in [0.2, 0.25) is 5.78 Å². The Morgan fingerprint density at radius 2 is 2.19 bits per heavy atom. The van der Waals surface area contributed by atoms with Crippen molar-refractivity contribution in [2.45, 2.75) is 24.0 Å². The molecule has 5 nitrogen and oxygen atoms in total. The molecule has 0 radical (unpaired) electrons. The molecule has 1 aliphatic rings. The number of rotatable bonds is 6. The molecule has 0 N–H and O–H groups in total. The Balaban J connectivity index is 1.37. The van der Waals surface area contributed by atoms with Crippen LogP contribution >= 0.6 is 34.7 Å². The Kier molecular flexibility index (Phi) is 4.30. The van der Waals surface area contributed by atoms with Gasteiger partial charge in [-0.05, 0) is 48.6 Å². The van der Waals surface area contributed by atoms with E-state index < -0.39 is 0 Å². The number of nitrogens with zero attached hydrogens (tertiary/aromatic N) is 3. The molecule has 5 rings (SSSR count). The van der Waals surface area contributed by atoms with Crippen molar-refractivity contribution in [1.82, 2.24) is 14.8 Å². The number of Topliss-reactive ketones (excluding diaryl/α,β-unsaturated/α-hetero) is 1. The second-order valence-electron chi connectivity index (χ2n) is 6.39. The molecule has 0 atom stereocenters.